The molecule has 13 heavy (non-hydrogen) atoms. The van der Waals surface area contributed by atoms with Gasteiger partial charge < -0.3 is 9.84 Å². The van der Waals surface area contributed by atoms with E-state index in [-0.39, 0.29) is 23.7 Å². The summed E-state index contributed by atoms with van der Waals surface area (Å²) in [4.78, 5) is 0. The zero-order valence-electron chi connectivity index (χ0n) is 9.37. The largest absolute Gasteiger partial charge is 0.390 e. The van der Waals surface area contributed by atoms with Gasteiger partial charge in [-0.3, -0.25) is 0 Å². The van der Waals surface area contributed by atoms with Crippen molar-refractivity contribution in [3.63, 3.8) is 0 Å². The lowest BCUT2D eigenvalue weighted by Crippen LogP contribution is -2.24. The second kappa shape index (κ2) is 3.58. The van der Waals surface area contributed by atoms with Crippen LogP contribution in [0.3, 0.4) is 0 Å². The van der Waals surface area contributed by atoms with Crippen molar-refractivity contribution >= 4 is 0 Å². The number of ether oxygens (including phenoxy) is 1. The first-order valence-electron chi connectivity index (χ1n) is 5.16. The predicted octanol–water partition coefficient (Wildman–Crippen LogP) is 2.21. The van der Waals surface area contributed by atoms with Crippen LogP contribution in [-0.2, 0) is 4.74 Å². The minimum Gasteiger partial charge on any atom is -0.390 e. The van der Waals surface area contributed by atoms with Crippen LogP contribution >= 0.6 is 0 Å². The van der Waals surface area contributed by atoms with Gasteiger partial charge in [0.2, 0.25) is 0 Å². The summed E-state index contributed by atoms with van der Waals surface area (Å²) in [5, 5.41) is 9.77. The maximum Gasteiger partial charge on any atom is 0.110 e. The lowest BCUT2D eigenvalue weighted by atomic mass is 9.87. The van der Waals surface area contributed by atoms with Crippen LogP contribution in [0.2, 0.25) is 0 Å². The molecule has 3 atom stereocenters. The second-order valence-corrected chi connectivity index (χ2v) is 5.58. The summed E-state index contributed by atoms with van der Waals surface area (Å²) in [6, 6.07) is 0. The number of epoxide rings is 1. The van der Waals surface area contributed by atoms with Crippen LogP contribution < -0.4 is 0 Å². The Labute approximate surface area is 81.3 Å². The Hall–Kier alpha value is -0.0800. The molecular weight excluding hydrogens is 164 g/mol. The van der Waals surface area contributed by atoms with Crippen molar-refractivity contribution < 1.29 is 9.84 Å². The first-order chi connectivity index (χ1) is 5.82. The van der Waals surface area contributed by atoms with Crippen molar-refractivity contribution in [2.45, 2.75) is 59.4 Å². The Bertz CT molecular complexity index is 169. The zero-order chi connectivity index (χ0) is 10.2. The third-order valence-electron chi connectivity index (χ3n) is 2.47. The molecule has 1 heterocycles. The molecule has 2 unspecified atom stereocenters. The topological polar surface area (TPSA) is 32.8 Å². The van der Waals surface area contributed by atoms with Gasteiger partial charge in [-0.05, 0) is 17.8 Å². The maximum absolute atomic E-state index is 9.77. The molecule has 2 nitrogen and oxygen atoms in total. The van der Waals surface area contributed by atoms with Crippen LogP contribution in [0.1, 0.15) is 41.0 Å². The van der Waals surface area contributed by atoms with E-state index in [0.29, 0.717) is 5.92 Å². The van der Waals surface area contributed by atoms with E-state index in [1.54, 1.807) is 0 Å². The summed E-state index contributed by atoms with van der Waals surface area (Å²) >= 11 is 0. The van der Waals surface area contributed by atoms with Crippen LogP contribution in [0.25, 0.3) is 0 Å². The highest BCUT2D eigenvalue weighted by molar-refractivity contribution is 4.97. The molecule has 0 aromatic heterocycles. The number of hydrogen-bond donors (Lipinski definition) is 1. The van der Waals surface area contributed by atoms with E-state index in [9.17, 15) is 5.11 Å². The van der Waals surface area contributed by atoms with Crippen molar-refractivity contribution in [2.75, 3.05) is 0 Å². The zero-order valence-corrected chi connectivity index (χ0v) is 9.37. The van der Waals surface area contributed by atoms with Crippen molar-refractivity contribution in [1.29, 1.82) is 0 Å². The smallest absolute Gasteiger partial charge is 0.110 e. The first-order valence-corrected chi connectivity index (χ1v) is 5.16. The molecule has 0 saturated carbocycles. The van der Waals surface area contributed by atoms with E-state index in [0.717, 1.165) is 6.42 Å². The number of hydrogen-bond acceptors (Lipinski definition) is 2. The monoisotopic (exact) mass is 186 g/mol. The van der Waals surface area contributed by atoms with E-state index in [4.69, 9.17) is 4.74 Å². The molecule has 0 bridgehead atoms. The molecule has 2 heteroatoms. The Morgan fingerprint density at radius 3 is 2.15 bits per heavy atom. The van der Waals surface area contributed by atoms with Gasteiger partial charge >= 0.3 is 0 Å². The Morgan fingerprint density at radius 1 is 1.31 bits per heavy atom. The van der Waals surface area contributed by atoms with Crippen LogP contribution in [0.5, 0.6) is 0 Å². The fourth-order valence-corrected chi connectivity index (χ4v) is 1.73. The molecule has 1 rings (SSSR count). The van der Waals surface area contributed by atoms with Crippen LogP contribution in [0, 0.1) is 11.3 Å². The van der Waals surface area contributed by atoms with Gasteiger partial charge in [-0.2, -0.15) is 0 Å². The third kappa shape index (κ3) is 2.96. The van der Waals surface area contributed by atoms with Gasteiger partial charge in [0, 0.05) is 0 Å². The highest BCUT2D eigenvalue weighted by atomic mass is 16.6. The molecule has 0 aromatic rings. The summed E-state index contributed by atoms with van der Waals surface area (Å²) in [6.45, 7) is 10.7. The van der Waals surface area contributed by atoms with Gasteiger partial charge in [0.1, 0.15) is 6.10 Å². The van der Waals surface area contributed by atoms with E-state index < -0.39 is 0 Å². The van der Waals surface area contributed by atoms with Gasteiger partial charge in [-0.15, -0.1) is 0 Å². The van der Waals surface area contributed by atoms with Gasteiger partial charge in [0.25, 0.3) is 0 Å². The van der Waals surface area contributed by atoms with Crippen molar-refractivity contribution in [1.82, 2.24) is 0 Å². The number of aliphatic hydroxyl groups is 1. The molecule has 0 spiro atoms. The minimum absolute atomic E-state index is 0.0856. The number of aliphatic hydroxyl groups excluding tert-OH is 1. The van der Waals surface area contributed by atoms with E-state index in [1.807, 2.05) is 0 Å². The minimum atomic E-state index is -0.274. The summed E-state index contributed by atoms with van der Waals surface area (Å²) in [5.41, 5.74) is 0.169. The summed E-state index contributed by atoms with van der Waals surface area (Å²) in [5.74, 6) is 0.541. The Balaban J connectivity index is 2.34. The van der Waals surface area contributed by atoms with Gasteiger partial charge in [0.15, 0.2) is 0 Å². The van der Waals surface area contributed by atoms with E-state index in [2.05, 4.69) is 34.6 Å². The highest BCUT2D eigenvalue weighted by Gasteiger charge is 2.50. The fourth-order valence-electron chi connectivity index (χ4n) is 1.73. The molecular formula is C11H22O2. The standard InChI is InChI=1S/C11H22O2/c1-7(2)6-8(12)9-10(13-9)11(3,4)5/h7-10,12H,6H2,1-5H3/t8-,9?,10?/m1/s1. The molecule has 1 aliphatic heterocycles. The molecule has 1 aliphatic rings. The second-order valence-electron chi connectivity index (χ2n) is 5.58. The van der Waals surface area contributed by atoms with Crippen LogP contribution in [0.4, 0.5) is 0 Å². The predicted molar refractivity (Wildman–Crippen MR) is 53.6 cm³/mol. The molecule has 1 fully saturated rings. The van der Waals surface area contributed by atoms with Gasteiger partial charge in [-0.25, -0.2) is 0 Å². The summed E-state index contributed by atoms with van der Waals surface area (Å²) < 4.78 is 5.49. The quantitative estimate of drug-likeness (QED) is 0.685. The van der Waals surface area contributed by atoms with Crippen molar-refractivity contribution in [3.8, 4) is 0 Å². The number of rotatable bonds is 3. The molecule has 0 amide bonds. The normalized spacial score (nSPS) is 30.7. The van der Waals surface area contributed by atoms with Gasteiger partial charge in [-0.1, -0.05) is 34.6 Å². The van der Waals surface area contributed by atoms with Crippen LogP contribution in [0.15, 0.2) is 0 Å². The van der Waals surface area contributed by atoms with Crippen LogP contribution in [-0.4, -0.2) is 23.4 Å². The lowest BCUT2D eigenvalue weighted by Gasteiger charge is -2.16. The molecule has 1 N–H and O–H groups in total. The van der Waals surface area contributed by atoms with Gasteiger partial charge in [0.05, 0.1) is 12.2 Å². The molecule has 78 valence electrons. The highest BCUT2D eigenvalue weighted by Crippen LogP contribution is 2.40. The summed E-state index contributed by atoms with van der Waals surface area (Å²) in [6.07, 6.45) is 0.907. The molecule has 0 aromatic carbocycles. The average Bonchev–Trinajstić information content (AvgIpc) is 2.59. The SMILES string of the molecule is CC(C)C[C@@H](O)C1OC1C(C)(C)C. The fraction of sp³-hybridized carbons (Fsp3) is 1.00. The average molecular weight is 186 g/mol. The first kappa shape index (κ1) is 11.0. The van der Waals surface area contributed by atoms with E-state index >= 15 is 0 Å². The Kier molecular flexibility index (Phi) is 3.03. The summed E-state index contributed by atoms with van der Waals surface area (Å²) in [7, 11) is 0. The molecule has 1 saturated heterocycles. The van der Waals surface area contributed by atoms with Crippen molar-refractivity contribution in [2.24, 2.45) is 11.3 Å². The third-order valence-corrected chi connectivity index (χ3v) is 2.47. The maximum atomic E-state index is 9.77. The lowest BCUT2D eigenvalue weighted by molar-refractivity contribution is 0.113. The molecule has 0 aliphatic carbocycles. The molecule has 0 radical (unpaired) electrons. The Morgan fingerprint density at radius 2 is 1.85 bits per heavy atom. The van der Waals surface area contributed by atoms with E-state index in [1.165, 1.54) is 0 Å². The van der Waals surface area contributed by atoms with Crippen molar-refractivity contribution in [3.05, 3.63) is 0 Å².